The summed E-state index contributed by atoms with van der Waals surface area (Å²) in [7, 11) is 0. The van der Waals surface area contributed by atoms with Crippen molar-refractivity contribution in [2.24, 2.45) is 0 Å². The molecule has 1 unspecified atom stereocenters. The number of halogens is 3. The van der Waals surface area contributed by atoms with Crippen LogP contribution in [-0.4, -0.2) is 42.2 Å². The van der Waals surface area contributed by atoms with Crippen LogP contribution in [0.15, 0.2) is 0 Å². The molecular weight excluding hydrogens is 233 g/mol. The first-order chi connectivity index (χ1) is 7.67. The number of nitrogens with one attached hydrogen (secondary N) is 1. The van der Waals surface area contributed by atoms with Crippen LogP contribution in [0.3, 0.4) is 0 Å². The summed E-state index contributed by atoms with van der Waals surface area (Å²) in [5.74, 6) is -0.516. The third kappa shape index (κ3) is 7.20. The molecular formula is C11H21F3N2O. The molecule has 0 fully saturated rings. The molecule has 1 amide bonds. The molecule has 0 radical (unpaired) electrons. The van der Waals surface area contributed by atoms with Crippen molar-refractivity contribution in [3.05, 3.63) is 0 Å². The minimum absolute atomic E-state index is 0.0523. The van der Waals surface area contributed by atoms with E-state index in [1.54, 1.807) is 13.8 Å². The van der Waals surface area contributed by atoms with E-state index >= 15 is 0 Å². The molecule has 0 aliphatic heterocycles. The topological polar surface area (TPSA) is 32.3 Å². The van der Waals surface area contributed by atoms with Gasteiger partial charge in [-0.2, -0.15) is 13.2 Å². The predicted octanol–water partition coefficient (Wildman–Crippen LogP) is 2.17. The first-order valence-electron chi connectivity index (χ1n) is 5.77. The Balaban J connectivity index is 4.36. The molecule has 3 nitrogen and oxygen atoms in total. The second-order valence-corrected chi connectivity index (χ2v) is 4.42. The Hall–Kier alpha value is -0.780. The Bertz CT molecular complexity index is 241. The fraction of sp³-hybridized carbons (Fsp3) is 0.909. The number of hydrogen-bond donors (Lipinski definition) is 1. The summed E-state index contributed by atoms with van der Waals surface area (Å²) in [6.07, 6.45) is -3.52. The lowest BCUT2D eigenvalue weighted by molar-refractivity contribution is -0.164. The van der Waals surface area contributed by atoms with Gasteiger partial charge in [-0.05, 0) is 27.2 Å². The van der Waals surface area contributed by atoms with Crippen molar-refractivity contribution in [3.8, 4) is 0 Å². The van der Waals surface area contributed by atoms with Crippen LogP contribution in [0.25, 0.3) is 0 Å². The van der Waals surface area contributed by atoms with Crippen molar-refractivity contribution in [2.75, 3.05) is 13.1 Å². The smallest absolute Gasteiger partial charge is 0.330 e. The van der Waals surface area contributed by atoms with E-state index in [1.165, 1.54) is 0 Å². The van der Waals surface area contributed by atoms with Crippen LogP contribution in [-0.2, 0) is 4.79 Å². The molecule has 0 aromatic heterocycles. The van der Waals surface area contributed by atoms with E-state index < -0.39 is 24.7 Å². The third-order valence-corrected chi connectivity index (χ3v) is 2.51. The Morgan fingerprint density at radius 2 is 1.82 bits per heavy atom. The molecule has 0 saturated heterocycles. The van der Waals surface area contributed by atoms with Gasteiger partial charge in [-0.25, -0.2) is 0 Å². The first-order valence-corrected chi connectivity index (χ1v) is 5.77. The fourth-order valence-electron chi connectivity index (χ4n) is 1.26. The van der Waals surface area contributed by atoms with Crippen LogP contribution >= 0.6 is 0 Å². The summed E-state index contributed by atoms with van der Waals surface area (Å²) in [6.45, 7) is 5.74. The quantitative estimate of drug-likeness (QED) is 0.788. The number of carbonyl (C=O) groups excluding carboxylic acids is 1. The average molecular weight is 254 g/mol. The van der Waals surface area contributed by atoms with Crippen LogP contribution in [0.1, 0.15) is 34.1 Å². The summed E-state index contributed by atoms with van der Waals surface area (Å²) < 4.78 is 36.8. The van der Waals surface area contributed by atoms with E-state index in [0.717, 1.165) is 11.3 Å². The zero-order chi connectivity index (χ0) is 13.6. The Labute approximate surface area is 100 Å². The molecule has 0 bridgehead atoms. The highest BCUT2D eigenvalue weighted by atomic mass is 19.4. The van der Waals surface area contributed by atoms with Gasteiger partial charge in [0.25, 0.3) is 0 Å². The number of carbonyl (C=O) groups is 1. The highest BCUT2D eigenvalue weighted by Crippen LogP contribution is 2.18. The minimum Gasteiger partial charge on any atom is -0.330 e. The molecule has 0 saturated carbocycles. The summed E-state index contributed by atoms with van der Waals surface area (Å²) in [4.78, 5) is 12.5. The van der Waals surface area contributed by atoms with E-state index in [2.05, 4.69) is 5.32 Å². The van der Waals surface area contributed by atoms with E-state index in [4.69, 9.17) is 0 Å². The molecule has 0 rings (SSSR count). The molecule has 0 aromatic carbocycles. The van der Waals surface area contributed by atoms with E-state index in [1.807, 2.05) is 13.8 Å². The maximum absolute atomic E-state index is 12.3. The maximum Gasteiger partial charge on any atom is 0.406 e. The van der Waals surface area contributed by atoms with E-state index in [9.17, 15) is 18.0 Å². The van der Waals surface area contributed by atoms with Gasteiger partial charge in [0, 0.05) is 12.1 Å². The van der Waals surface area contributed by atoms with Gasteiger partial charge in [-0.3, -0.25) is 4.79 Å². The average Bonchev–Trinajstić information content (AvgIpc) is 2.20. The molecule has 102 valence electrons. The van der Waals surface area contributed by atoms with Crippen LogP contribution in [0.4, 0.5) is 13.2 Å². The normalized spacial score (nSPS) is 13.9. The van der Waals surface area contributed by atoms with Crippen molar-refractivity contribution in [1.82, 2.24) is 10.2 Å². The zero-order valence-corrected chi connectivity index (χ0v) is 10.8. The second-order valence-electron chi connectivity index (χ2n) is 4.42. The molecule has 6 heteroatoms. The number of hydrogen-bond acceptors (Lipinski definition) is 2. The second kappa shape index (κ2) is 6.83. The van der Waals surface area contributed by atoms with Gasteiger partial charge in [-0.1, -0.05) is 6.92 Å². The lowest BCUT2D eigenvalue weighted by atomic mass is 10.2. The SMILES string of the molecule is CCC(C)NCC(=O)N(CC(F)(F)F)C(C)C. The third-order valence-electron chi connectivity index (χ3n) is 2.51. The van der Waals surface area contributed by atoms with Crippen molar-refractivity contribution in [1.29, 1.82) is 0 Å². The van der Waals surface area contributed by atoms with Crippen molar-refractivity contribution >= 4 is 5.91 Å². The molecule has 0 aliphatic rings. The van der Waals surface area contributed by atoms with Crippen LogP contribution in [0.5, 0.6) is 0 Å². The molecule has 0 aliphatic carbocycles. The van der Waals surface area contributed by atoms with Crippen molar-refractivity contribution < 1.29 is 18.0 Å². The number of nitrogens with zero attached hydrogens (tertiary/aromatic N) is 1. The van der Waals surface area contributed by atoms with E-state index in [-0.39, 0.29) is 12.6 Å². The van der Waals surface area contributed by atoms with Crippen LogP contribution in [0.2, 0.25) is 0 Å². The molecule has 1 atom stereocenters. The summed E-state index contributed by atoms with van der Waals surface area (Å²) in [6, 6.07) is -0.332. The Kier molecular flexibility index (Phi) is 6.52. The summed E-state index contributed by atoms with van der Waals surface area (Å²) in [5.41, 5.74) is 0. The monoisotopic (exact) mass is 254 g/mol. The number of amides is 1. The molecule has 1 N–H and O–H groups in total. The van der Waals surface area contributed by atoms with Crippen LogP contribution in [0, 0.1) is 0 Å². The Morgan fingerprint density at radius 1 is 1.29 bits per heavy atom. The highest BCUT2D eigenvalue weighted by molar-refractivity contribution is 5.78. The van der Waals surface area contributed by atoms with Gasteiger partial charge in [0.2, 0.25) is 5.91 Å². The van der Waals surface area contributed by atoms with Crippen molar-refractivity contribution in [3.63, 3.8) is 0 Å². The molecule has 0 heterocycles. The van der Waals surface area contributed by atoms with Gasteiger partial charge in [-0.15, -0.1) is 0 Å². The Morgan fingerprint density at radius 3 is 2.18 bits per heavy atom. The largest absolute Gasteiger partial charge is 0.406 e. The van der Waals surface area contributed by atoms with Gasteiger partial charge in [0.15, 0.2) is 0 Å². The molecule has 17 heavy (non-hydrogen) atoms. The lowest BCUT2D eigenvalue weighted by Gasteiger charge is -2.28. The fourth-order valence-corrected chi connectivity index (χ4v) is 1.26. The maximum atomic E-state index is 12.3. The van der Waals surface area contributed by atoms with Gasteiger partial charge in [0.05, 0.1) is 6.54 Å². The zero-order valence-electron chi connectivity index (χ0n) is 10.8. The minimum atomic E-state index is -4.35. The van der Waals surface area contributed by atoms with E-state index in [0.29, 0.717) is 0 Å². The van der Waals surface area contributed by atoms with Gasteiger partial charge >= 0.3 is 6.18 Å². The van der Waals surface area contributed by atoms with Crippen LogP contribution < -0.4 is 5.32 Å². The molecule has 0 aromatic rings. The highest BCUT2D eigenvalue weighted by Gasteiger charge is 2.33. The van der Waals surface area contributed by atoms with Crippen molar-refractivity contribution in [2.45, 2.75) is 52.4 Å². The lowest BCUT2D eigenvalue weighted by Crippen LogP contribution is -2.47. The number of alkyl halides is 3. The van der Waals surface area contributed by atoms with Gasteiger partial charge in [0.1, 0.15) is 6.54 Å². The standard InChI is InChI=1S/C11H21F3N2O/c1-5-9(4)15-6-10(17)16(8(2)3)7-11(12,13)14/h8-9,15H,5-7H2,1-4H3. The predicted molar refractivity (Wildman–Crippen MR) is 60.7 cm³/mol. The summed E-state index contributed by atoms with van der Waals surface area (Å²) in [5, 5.41) is 2.89. The number of rotatable bonds is 6. The summed E-state index contributed by atoms with van der Waals surface area (Å²) >= 11 is 0. The first kappa shape index (κ1) is 16.2. The van der Waals surface area contributed by atoms with Gasteiger partial charge < -0.3 is 10.2 Å². The molecule has 0 spiro atoms.